The van der Waals surface area contributed by atoms with Gasteiger partial charge in [-0.15, -0.1) is 0 Å². The summed E-state index contributed by atoms with van der Waals surface area (Å²) in [4.78, 5) is 16.9. The van der Waals surface area contributed by atoms with Crippen molar-refractivity contribution in [3.63, 3.8) is 0 Å². The lowest BCUT2D eigenvalue weighted by molar-refractivity contribution is -0.116. The molecule has 3 aromatic rings. The highest BCUT2D eigenvalue weighted by atomic mass is 79.9. The summed E-state index contributed by atoms with van der Waals surface area (Å²) in [5.74, 6) is 0.759. The lowest BCUT2D eigenvalue weighted by atomic mass is 9.89. The predicted octanol–water partition coefficient (Wildman–Crippen LogP) is 3.82. The van der Waals surface area contributed by atoms with E-state index in [0.717, 1.165) is 21.4 Å². The van der Waals surface area contributed by atoms with Gasteiger partial charge >= 0.3 is 0 Å². The summed E-state index contributed by atoms with van der Waals surface area (Å²) >= 11 is 3.54. The van der Waals surface area contributed by atoms with Crippen LogP contribution in [-0.4, -0.2) is 27.7 Å². The van der Waals surface area contributed by atoms with Crippen LogP contribution in [0.1, 0.15) is 23.6 Å². The molecule has 1 aliphatic heterocycles. The van der Waals surface area contributed by atoms with E-state index in [4.69, 9.17) is 4.74 Å². The number of hydrogen-bond acceptors (Lipinski definition) is 4. The summed E-state index contributed by atoms with van der Waals surface area (Å²) in [6.07, 6.45) is 1.97. The molecule has 2 aromatic carbocycles. The number of hydrogen-bond donors (Lipinski definition) is 2. The van der Waals surface area contributed by atoms with Gasteiger partial charge < -0.3 is 15.2 Å². The fraction of sp³-hybridized carbons (Fsp3) is 0.158. The Kier molecular flexibility index (Phi) is 4.16. The number of nitrogens with one attached hydrogen (secondary N) is 1. The first-order chi connectivity index (χ1) is 12.6. The van der Waals surface area contributed by atoms with Crippen LogP contribution < -0.4 is 10.1 Å². The minimum Gasteiger partial charge on any atom is -0.504 e. The van der Waals surface area contributed by atoms with E-state index in [1.54, 1.807) is 18.5 Å². The highest BCUT2D eigenvalue weighted by Crippen LogP contribution is 2.40. The van der Waals surface area contributed by atoms with E-state index in [0.29, 0.717) is 11.6 Å². The van der Waals surface area contributed by atoms with E-state index >= 15 is 0 Å². The second kappa shape index (κ2) is 6.49. The van der Waals surface area contributed by atoms with Crippen LogP contribution in [0.25, 0.3) is 5.69 Å². The molecule has 2 heterocycles. The Morgan fingerprint density at radius 3 is 2.85 bits per heavy atom. The van der Waals surface area contributed by atoms with Gasteiger partial charge in [-0.1, -0.05) is 18.2 Å². The number of anilines is 1. The molecule has 4 rings (SSSR count). The minimum absolute atomic E-state index is 0.0442. The third-order valence-electron chi connectivity index (χ3n) is 4.49. The van der Waals surface area contributed by atoms with E-state index in [1.165, 1.54) is 7.11 Å². The van der Waals surface area contributed by atoms with Gasteiger partial charge in [-0.25, -0.2) is 4.98 Å². The number of para-hydroxylation sites is 1. The van der Waals surface area contributed by atoms with E-state index in [-0.39, 0.29) is 24.0 Å². The largest absolute Gasteiger partial charge is 0.504 e. The third kappa shape index (κ3) is 2.74. The van der Waals surface area contributed by atoms with Crippen LogP contribution in [0.3, 0.4) is 0 Å². The maximum atomic E-state index is 12.3. The summed E-state index contributed by atoms with van der Waals surface area (Å²) in [5, 5.41) is 13.0. The number of nitrogens with zero attached hydrogens (tertiary/aromatic N) is 2. The Bertz CT molecular complexity index is 999. The summed E-state index contributed by atoms with van der Waals surface area (Å²) < 4.78 is 7.85. The van der Waals surface area contributed by atoms with Crippen LogP contribution in [0.4, 0.5) is 5.82 Å². The second-order valence-corrected chi connectivity index (χ2v) is 6.89. The number of methoxy groups -OCH3 is 1. The molecule has 0 aliphatic carbocycles. The molecule has 0 radical (unpaired) electrons. The molecule has 0 unspecified atom stereocenters. The molecule has 132 valence electrons. The maximum absolute atomic E-state index is 12.3. The molecule has 0 saturated carbocycles. The van der Waals surface area contributed by atoms with Gasteiger partial charge in [0.1, 0.15) is 12.1 Å². The third-order valence-corrected chi connectivity index (χ3v) is 5.16. The Morgan fingerprint density at radius 2 is 2.12 bits per heavy atom. The number of benzene rings is 2. The maximum Gasteiger partial charge on any atom is 0.226 e. The minimum atomic E-state index is -0.237. The van der Waals surface area contributed by atoms with E-state index in [1.807, 2.05) is 34.9 Å². The molecular formula is C19H16BrN3O3. The number of carbonyl (C=O) groups excluding carboxylic acids is 1. The van der Waals surface area contributed by atoms with Gasteiger partial charge in [0.2, 0.25) is 5.91 Å². The molecule has 2 N–H and O–H groups in total. The molecule has 1 atom stereocenters. The molecule has 0 bridgehead atoms. The van der Waals surface area contributed by atoms with Gasteiger partial charge in [-0.3, -0.25) is 9.36 Å². The van der Waals surface area contributed by atoms with Gasteiger partial charge in [0, 0.05) is 16.8 Å². The number of phenols is 1. The zero-order valence-corrected chi connectivity index (χ0v) is 15.5. The molecule has 0 spiro atoms. The Hall–Kier alpha value is -2.80. The molecule has 7 heteroatoms. The van der Waals surface area contributed by atoms with Crippen molar-refractivity contribution in [3.05, 3.63) is 64.5 Å². The average Bonchev–Trinajstić information content (AvgIpc) is 3.05. The van der Waals surface area contributed by atoms with Crippen molar-refractivity contribution in [3.8, 4) is 17.2 Å². The first kappa shape index (κ1) is 16.7. The summed E-state index contributed by atoms with van der Waals surface area (Å²) in [6, 6.07) is 12.9. The number of halogens is 1. The normalized spacial score (nSPS) is 16.1. The highest BCUT2D eigenvalue weighted by molar-refractivity contribution is 9.10. The van der Waals surface area contributed by atoms with Crippen LogP contribution >= 0.6 is 15.9 Å². The monoisotopic (exact) mass is 413 g/mol. The second-order valence-electron chi connectivity index (χ2n) is 6.04. The van der Waals surface area contributed by atoms with Crippen molar-refractivity contribution in [2.24, 2.45) is 0 Å². The smallest absolute Gasteiger partial charge is 0.226 e. The molecule has 1 aromatic heterocycles. The first-order valence-electron chi connectivity index (χ1n) is 8.07. The summed E-state index contributed by atoms with van der Waals surface area (Å²) in [7, 11) is 1.50. The zero-order chi connectivity index (χ0) is 18.3. The number of phenolic OH excluding ortho intramolecular Hbond substituents is 1. The van der Waals surface area contributed by atoms with Crippen molar-refractivity contribution in [1.82, 2.24) is 9.55 Å². The van der Waals surface area contributed by atoms with Crippen LogP contribution in [-0.2, 0) is 4.79 Å². The fourth-order valence-electron chi connectivity index (χ4n) is 3.24. The van der Waals surface area contributed by atoms with E-state index in [9.17, 15) is 9.90 Å². The first-order valence-corrected chi connectivity index (χ1v) is 8.86. The van der Waals surface area contributed by atoms with Crippen molar-refractivity contribution < 1.29 is 14.6 Å². The van der Waals surface area contributed by atoms with Gasteiger partial charge in [-0.2, -0.15) is 0 Å². The number of fused-ring (bicyclic) bond motifs is 1. The summed E-state index contributed by atoms with van der Waals surface area (Å²) in [5.41, 5.74) is 2.47. The predicted molar refractivity (Wildman–Crippen MR) is 101 cm³/mol. The van der Waals surface area contributed by atoms with Crippen LogP contribution in [0.5, 0.6) is 11.5 Å². The lowest BCUT2D eigenvalue weighted by Crippen LogP contribution is -2.25. The topological polar surface area (TPSA) is 76.4 Å². The van der Waals surface area contributed by atoms with E-state index < -0.39 is 0 Å². The zero-order valence-electron chi connectivity index (χ0n) is 13.9. The Labute approximate surface area is 158 Å². The Morgan fingerprint density at radius 1 is 1.31 bits per heavy atom. The summed E-state index contributed by atoms with van der Waals surface area (Å²) in [6.45, 7) is 0. The van der Waals surface area contributed by atoms with Crippen molar-refractivity contribution in [2.75, 3.05) is 12.4 Å². The quantitative estimate of drug-likeness (QED) is 0.683. The number of rotatable bonds is 3. The molecule has 1 aliphatic rings. The molecule has 26 heavy (non-hydrogen) atoms. The average molecular weight is 414 g/mol. The Balaban J connectivity index is 1.81. The highest BCUT2D eigenvalue weighted by Gasteiger charge is 2.31. The number of aromatic nitrogens is 2. The van der Waals surface area contributed by atoms with Crippen LogP contribution in [0, 0.1) is 0 Å². The van der Waals surface area contributed by atoms with Gasteiger partial charge in [0.25, 0.3) is 0 Å². The molecular weight excluding hydrogens is 398 g/mol. The fourth-order valence-corrected chi connectivity index (χ4v) is 3.71. The molecule has 6 nitrogen and oxygen atoms in total. The number of imidazole rings is 1. The van der Waals surface area contributed by atoms with Gasteiger partial charge in [0.05, 0.1) is 18.5 Å². The van der Waals surface area contributed by atoms with Crippen molar-refractivity contribution >= 4 is 27.7 Å². The SMILES string of the molecule is COc1ccc([C@H]2CC(=O)Nc3c2ncn3-c2ccccc2Br)cc1O. The van der Waals surface area contributed by atoms with Crippen LogP contribution in [0.15, 0.2) is 53.3 Å². The molecule has 0 fully saturated rings. The number of amides is 1. The number of carbonyl (C=O) groups is 1. The van der Waals surface area contributed by atoms with E-state index in [2.05, 4.69) is 26.2 Å². The van der Waals surface area contributed by atoms with Gasteiger partial charge in [0.15, 0.2) is 11.5 Å². The molecule has 0 saturated heterocycles. The van der Waals surface area contributed by atoms with Gasteiger partial charge in [-0.05, 0) is 45.8 Å². The van der Waals surface area contributed by atoms with Crippen LogP contribution in [0.2, 0.25) is 0 Å². The standard InChI is InChI=1S/C19H16BrN3O3/c1-26-16-7-6-11(8-15(16)24)12-9-17(25)22-19-18(12)21-10-23(19)14-5-3-2-4-13(14)20/h2-8,10,12,24H,9H2,1H3,(H,22,25)/t12-/m1/s1. The van der Waals surface area contributed by atoms with Crippen molar-refractivity contribution in [1.29, 1.82) is 0 Å². The number of aromatic hydroxyl groups is 1. The molecule has 1 amide bonds. The van der Waals surface area contributed by atoms with Crippen molar-refractivity contribution in [2.45, 2.75) is 12.3 Å². The number of ether oxygens (including phenoxy) is 1. The lowest BCUT2D eigenvalue weighted by Gasteiger charge is -2.24.